The predicted octanol–water partition coefficient (Wildman–Crippen LogP) is 6.34. The molecule has 1 amide bonds. The Morgan fingerprint density at radius 2 is 1.55 bits per heavy atom. The van der Waals surface area contributed by atoms with Crippen molar-refractivity contribution < 1.29 is 9.72 Å². The maximum atomic E-state index is 13.7. The predicted molar refractivity (Wildman–Crippen MR) is 167 cm³/mol. The number of nitro groups is 1. The van der Waals surface area contributed by atoms with Gasteiger partial charge in [-0.1, -0.05) is 54.1 Å². The minimum Gasteiger partial charge on any atom is -0.368 e. The van der Waals surface area contributed by atoms with Crippen LogP contribution in [0.1, 0.15) is 10.4 Å². The zero-order valence-corrected chi connectivity index (χ0v) is 24.5. The van der Waals surface area contributed by atoms with Crippen LogP contribution in [0.15, 0.2) is 100 Å². The first-order chi connectivity index (χ1) is 20.3. The largest absolute Gasteiger partial charge is 0.368 e. The molecule has 0 saturated carbocycles. The fraction of sp³-hybridized carbons (Fsp3) is 0.129. The Bertz CT molecular complexity index is 1900. The fourth-order valence-electron chi connectivity index (χ4n) is 5.18. The molecule has 5 aromatic rings. The smallest absolute Gasteiger partial charge is 0.295 e. The van der Waals surface area contributed by atoms with Crippen molar-refractivity contribution >= 4 is 55.6 Å². The second kappa shape index (κ2) is 11.4. The molecule has 1 fully saturated rings. The summed E-state index contributed by atoms with van der Waals surface area (Å²) in [5, 5.41) is 18.3. The molecular weight excluding hydrogens is 622 g/mol. The topological polar surface area (TPSA) is 102 Å². The van der Waals surface area contributed by atoms with Gasteiger partial charge in [0.25, 0.3) is 17.2 Å². The highest BCUT2D eigenvalue weighted by atomic mass is 79.9. The molecule has 0 atom stereocenters. The number of benzene rings is 4. The van der Waals surface area contributed by atoms with Crippen LogP contribution in [0.3, 0.4) is 0 Å². The van der Waals surface area contributed by atoms with E-state index in [-0.39, 0.29) is 17.3 Å². The van der Waals surface area contributed by atoms with E-state index in [9.17, 15) is 19.7 Å². The Kier molecular flexibility index (Phi) is 7.49. The highest BCUT2D eigenvalue weighted by Gasteiger charge is 2.26. The molecule has 4 aromatic carbocycles. The summed E-state index contributed by atoms with van der Waals surface area (Å²) in [6.07, 6.45) is 0. The van der Waals surface area contributed by atoms with Gasteiger partial charge in [-0.05, 0) is 58.4 Å². The number of halogens is 2. The molecule has 2 heterocycles. The maximum absolute atomic E-state index is 13.7. The number of aromatic nitrogens is 2. The zero-order valence-electron chi connectivity index (χ0n) is 22.1. The summed E-state index contributed by atoms with van der Waals surface area (Å²) in [6.45, 7) is 1.98. The SMILES string of the molecule is O=C(c1ccccc1Br)N1CCN(c2ccc([N+](=O)[O-])c(-n3nc(-c4ccc(Cl)cc4)c4ccccc4c3=O)c2)CC1. The number of amides is 1. The number of hydrogen-bond donors (Lipinski definition) is 0. The van der Waals surface area contributed by atoms with Gasteiger partial charge in [0, 0.05) is 58.4 Å². The van der Waals surface area contributed by atoms with Crippen molar-refractivity contribution in [2.24, 2.45) is 0 Å². The highest BCUT2D eigenvalue weighted by molar-refractivity contribution is 9.10. The molecular formula is C31H23BrClN5O4. The first kappa shape index (κ1) is 27.6. The lowest BCUT2D eigenvalue weighted by atomic mass is 10.0. The zero-order chi connectivity index (χ0) is 29.4. The van der Waals surface area contributed by atoms with Crippen LogP contribution >= 0.6 is 27.5 Å². The highest BCUT2D eigenvalue weighted by Crippen LogP contribution is 2.31. The van der Waals surface area contributed by atoms with Crippen LogP contribution < -0.4 is 10.5 Å². The number of nitrogens with zero attached hydrogens (tertiary/aromatic N) is 5. The molecule has 1 aromatic heterocycles. The lowest BCUT2D eigenvalue weighted by Crippen LogP contribution is -2.48. The summed E-state index contributed by atoms with van der Waals surface area (Å²) in [7, 11) is 0. The van der Waals surface area contributed by atoms with E-state index >= 15 is 0 Å². The van der Waals surface area contributed by atoms with Crippen LogP contribution in [0.5, 0.6) is 0 Å². The normalized spacial score (nSPS) is 13.4. The van der Waals surface area contributed by atoms with E-state index < -0.39 is 10.5 Å². The summed E-state index contributed by atoms with van der Waals surface area (Å²) in [5.74, 6) is -0.0619. The molecule has 6 rings (SSSR count). The summed E-state index contributed by atoms with van der Waals surface area (Å²) < 4.78 is 1.85. The van der Waals surface area contributed by atoms with E-state index in [4.69, 9.17) is 11.6 Å². The van der Waals surface area contributed by atoms with Crippen molar-refractivity contribution in [2.75, 3.05) is 31.1 Å². The van der Waals surface area contributed by atoms with Crippen LogP contribution in [0.25, 0.3) is 27.7 Å². The van der Waals surface area contributed by atoms with E-state index in [2.05, 4.69) is 21.0 Å². The number of anilines is 1. The van der Waals surface area contributed by atoms with Crippen molar-refractivity contribution in [1.29, 1.82) is 0 Å². The van der Waals surface area contributed by atoms with Gasteiger partial charge in [-0.3, -0.25) is 19.7 Å². The summed E-state index contributed by atoms with van der Waals surface area (Å²) in [6, 6.07) is 26.1. The molecule has 0 bridgehead atoms. The maximum Gasteiger partial charge on any atom is 0.295 e. The molecule has 0 unspecified atom stereocenters. The third-order valence-corrected chi connectivity index (χ3v) is 8.29. The summed E-state index contributed by atoms with van der Waals surface area (Å²) in [4.78, 5) is 42.2. The third kappa shape index (κ3) is 5.15. The molecule has 9 nitrogen and oxygen atoms in total. The molecule has 1 saturated heterocycles. The Morgan fingerprint density at radius 1 is 0.881 bits per heavy atom. The minimum absolute atomic E-state index is 0.0619. The van der Waals surface area contributed by atoms with Gasteiger partial charge in [-0.25, -0.2) is 0 Å². The summed E-state index contributed by atoms with van der Waals surface area (Å²) >= 11 is 9.55. The number of carbonyl (C=O) groups excluding carboxylic acids is 1. The quantitative estimate of drug-likeness (QED) is 0.164. The molecule has 42 heavy (non-hydrogen) atoms. The van der Waals surface area contributed by atoms with Crippen molar-refractivity contribution in [3.05, 3.63) is 127 Å². The van der Waals surface area contributed by atoms with E-state index in [1.807, 2.05) is 29.2 Å². The number of piperazine rings is 1. The molecule has 1 aliphatic rings. The van der Waals surface area contributed by atoms with Gasteiger partial charge in [0.2, 0.25) is 0 Å². The Labute approximate surface area is 253 Å². The number of rotatable bonds is 5. The number of fused-ring (bicyclic) bond motifs is 1. The number of nitro benzene ring substituents is 1. The monoisotopic (exact) mass is 643 g/mol. The second-order valence-corrected chi connectivity index (χ2v) is 11.1. The van der Waals surface area contributed by atoms with Gasteiger partial charge < -0.3 is 9.80 Å². The number of carbonyl (C=O) groups is 1. The number of hydrogen-bond acceptors (Lipinski definition) is 6. The van der Waals surface area contributed by atoms with Crippen LogP contribution in [-0.2, 0) is 0 Å². The van der Waals surface area contributed by atoms with Gasteiger partial charge in [0.05, 0.1) is 21.6 Å². The van der Waals surface area contributed by atoms with E-state index in [0.29, 0.717) is 64.5 Å². The average Bonchev–Trinajstić information content (AvgIpc) is 3.01. The van der Waals surface area contributed by atoms with Gasteiger partial charge in [-0.15, -0.1) is 0 Å². The van der Waals surface area contributed by atoms with Crippen LogP contribution in [0, 0.1) is 10.1 Å². The van der Waals surface area contributed by atoms with Gasteiger partial charge >= 0.3 is 0 Å². The standard InChI is InChI=1S/C31H23BrClN5O4/c32-26-8-4-3-7-25(26)30(39)36-17-15-35(16-18-36)22-13-14-27(38(41)42)28(19-22)37-31(40)24-6-2-1-5-23(24)29(34-37)20-9-11-21(33)12-10-20/h1-14,19H,15-18H2. The van der Waals surface area contributed by atoms with Crippen LogP contribution in [0.2, 0.25) is 5.02 Å². The van der Waals surface area contributed by atoms with Gasteiger partial charge in [0.15, 0.2) is 0 Å². The lowest BCUT2D eigenvalue weighted by molar-refractivity contribution is -0.384. The Morgan fingerprint density at radius 3 is 2.24 bits per heavy atom. The average molecular weight is 645 g/mol. The molecule has 11 heteroatoms. The fourth-order valence-corrected chi connectivity index (χ4v) is 5.76. The van der Waals surface area contributed by atoms with Gasteiger partial charge in [0.1, 0.15) is 5.69 Å². The van der Waals surface area contributed by atoms with Crippen molar-refractivity contribution in [2.45, 2.75) is 0 Å². The van der Waals surface area contributed by atoms with Crippen LogP contribution in [0.4, 0.5) is 11.4 Å². The molecule has 0 N–H and O–H groups in total. The first-order valence-electron chi connectivity index (χ1n) is 13.2. The Balaban J connectivity index is 1.39. The molecule has 0 radical (unpaired) electrons. The molecule has 210 valence electrons. The van der Waals surface area contributed by atoms with E-state index in [0.717, 1.165) is 9.15 Å². The molecule has 0 aliphatic carbocycles. The molecule has 0 spiro atoms. The van der Waals surface area contributed by atoms with E-state index in [1.54, 1.807) is 65.6 Å². The first-order valence-corrected chi connectivity index (χ1v) is 14.3. The van der Waals surface area contributed by atoms with Crippen LogP contribution in [-0.4, -0.2) is 51.7 Å². The lowest BCUT2D eigenvalue weighted by Gasteiger charge is -2.36. The minimum atomic E-state index is -0.515. The summed E-state index contributed by atoms with van der Waals surface area (Å²) in [5.41, 5.74) is 1.87. The van der Waals surface area contributed by atoms with Crippen molar-refractivity contribution in [3.8, 4) is 16.9 Å². The van der Waals surface area contributed by atoms with Crippen molar-refractivity contribution in [1.82, 2.24) is 14.7 Å². The van der Waals surface area contributed by atoms with E-state index in [1.165, 1.54) is 6.07 Å². The molecule has 1 aliphatic heterocycles. The van der Waals surface area contributed by atoms with Gasteiger partial charge in [-0.2, -0.15) is 9.78 Å². The third-order valence-electron chi connectivity index (χ3n) is 7.34. The Hall–Kier alpha value is -4.54. The van der Waals surface area contributed by atoms with Crippen molar-refractivity contribution in [3.63, 3.8) is 0 Å². The second-order valence-electron chi connectivity index (χ2n) is 9.81.